The molecule has 1 fully saturated rings. The van der Waals surface area contributed by atoms with E-state index in [-0.39, 0.29) is 10.8 Å². The van der Waals surface area contributed by atoms with Crippen LogP contribution in [0, 0.1) is 13.8 Å². The van der Waals surface area contributed by atoms with E-state index in [4.69, 9.17) is 9.47 Å². The minimum atomic E-state index is -3.79. The Morgan fingerprint density at radius 3 is 2.25 bits per heavy atom. The van der Waals surface area contributed by atoms with Crippen molar-refractivity contribution in [1.82, 2.24) is 0 Å². The summed E-state index contributed by atoms with van der Waals surface area (Å²) < 4.78 is 38.9. The van der Waals surface area contributed by atoms with Crippen LogP contribution in [0.5, 0.6) is 11.5 Å². The molecule has 0 atom stereocenters. The molecule has 0 spiro atoms. The number of methoxy groups -OCH3 is 2. The zero-order valence-corrected chi connectivity index (χ0v) is 17.2. The number of rotatable bonds is 6. The molecule has 0 unspecified atom stereocenters. The van der Waals surface area contributed by atoms with Crippen LogP contribution >= 0.6 is 0 Å². The second-order valence-electron chi connectivity index (χ2n) is 6.73. The van der Waals surface area contributed by atoms with Crippen molar-refractivity contribution < 1.29 is 22.7 Å². The van der Waals surface area contributed by atoms with E-state index in [2.05, 4.69) is 4.72 Å². The summed E-state index contributed by atoms with van der Waals surface area (Å²) in [6, 6.07) is 8.06. The lowest BCUT2D eigenvalue weighted by molar-refractivity contribution is -0.117. The maximum Gasteiger partial charge on any atom is 0.261 e. The number of hydrogen-bond acceptors (Lipinski definition) is 5. The summed E-state index contributed by atoms with van der Waals surface area (Å²) in [6.07, 6.45) is 1.31. The van der Waals surface area contributed by atoms with Gasteiger partial charge in [0, 0.05) is 19.0 Å². The summed E-state index contributed by atoms with van der Waals surface area (Å²) in [4.78, 5) is 13.8. The first-order valence-electron chi connectivity index (χ1n) is 8.93. The molecular weight excluding hydrogens is 380 g/mol. The Balaban J connectivity index is 1.91. The Bertz CT molecular complexity index is 994. The summed E-state index contributed by atoms with van der Waals surface area (Å²) in [7, 11) is -0.742. The van der Waals surface area contributed by atoms with Crippen molar-refractivity contribution in [2.24, 2.45) is 0 Å². The minimum absolute atomic E-state index is 0.0378. The standard InChI is InChI=1S/C20H24N2O5S/c1-13-10-16(11-14(2)20(13)27-4)28(24,25)21-15-7-8-17(18(12-15)26-3)22-9-5-6-19(22)23/h7-8,10-12,21H,5-6,9H2,1-4H3. The molecule has 2 aromatic rings. The first-order chi connectivity index (χ1) is 13.3. The van der Waals surface area contributed by atoms with E-state index in [9.17, 15) is 13.2 Å². The van der Waals surface area contributed by atoms with Crippen LogP contribution in [0.2, 0.25) is 0 Å². The molecule has 2 aromatic carbocycles. The number of aryl methyl sites for hydroxylation is 2. The minimum Gasteiger partial charge on any atom is -0.496 e. The fourth-order valence-corrected chi connectivity index (χ4v) is 4.69. The van der Waals surface area contributed by atoms with Gasteiger partial charge in [-0.1, -0.05) is 0 Å². The quantitative estimate of drug-likeness (QED) is 0.799. The van der Waals surface area contributed by atoms with E-state index in [0.29, 0.717) is 35.8 Å². The fraction of sp³-hybridized carbons (Fsp3) is 0.350. The molecule has 28 heavy (non-hydrogen) atoms. The number of ether oxygens (including phenoxy) is 2. The van der Waals surface area contributed by atoms with Gasteiger partial charge in [0.25, 0.3) is 10.0 Å². The van der Waals surface area contributed by atoms with Gasteiger partial charge >= 0.3 is 0 Å². The van der Waals surface area contributed by atoms with Crippen LogP contribution in [-0.2, 0) is 14.8 Å². The largest absolute Gasteiger partial charge is 0.496 e. The molecule has 8 heteroatoms. The highest BCUT2D eigenvalue weighted by atomic mass is 32.2. The molecule has 1 amide bonds. The number of carbonyl (C=O) groups is 1. The van der Waals surface area contributed by atoms with Gasteiger partial charge in [0.05, 0.1) is 30.5 Å². The average molecular weight is 404 g/mol. The lowest BCUT2D eigenvalue weighted by Crippen LogP contribution is -2.24. The Morgan fingerprint density at radius 2 is 1.71 bits per heavy atom. The topological polar surface area (TPSA) is 84.9 Å². The lowest BCUT2D eigenvalue weighted by atomic mass is 10.1. The van der Waals surface area contributed by atoms with Crippen molar-refractivity contribution in [2.75, 3.05) is 30.4 Å². The Kier molecular flexibility index (Phi) is 5.51. The smallest absolute Gasteiger partial charge is 0.261 e. The number of nitrogens with one attached hydrogen (secondary N) is 1. The van der Waals surface area contributed by atoms with Gasteiger partial charge < -0.3 is 14.4 Å². The second kappa shape index (κ2) is 7.71. The highest BCUT2D eigenvalue weighted by Crippen LogP contribution is 2.35. The van der Waals surface area contributed by atoms with Crippen molar-refractivity contribution in [1.29, 1.82) is 0 Å². The van der Waals surface area contributed by atoms with E-state index in [0.717, 1.165) is 17.5 Å². The van der Waals surface area contributed by atoms with Gasteiger partial charge in [-0.25, -0.2) is 8.42 Å². The number of nitrogens with zero attached hydrogens (tertiary/aromatic N) is 1. The lowest BCUT2D eigenvalue weighted by Gasteiger charge is -2.20. The van der Waals surface area contributed by atoms with Crippen LogP contribution < -0.4 is 19.1 Å². The summed E-state index contributed by atoms with van der Waals surface area (Å²) in [6.45, 7) is 4.23. The van der Waals surface area contributed by atoms with Crippen LogP contribution in [-0.4, -0.2) is 35.1 Å². The first-order valence-corrected chi connectivity index (χ1v) is 10.4. The third kappa shape index (κ3) is 3.77. The molecule has 1 heterocycles. The van der Waals surface area contributed by atoms with Gasteiger partial charge in [0.15, 0.2) is 0 Å². The molecule has 0 radical (unpaired) electrons. The summed E-state index contributed by atoms with van der Waals surface area (Å²) in [5.74, 6) is 1.15. The van der Waals surface area contributed by atoms with Crippen LogP contribution in [0.15, 0.2) is 35.2 Å². The highest BCUT2D eigenvalue weighted by Gasteiger charge is 2.25. The molecule has 1 N–H and O–H groups in total. The van der Waals surface area contributed by atoms with Gasteiger partial charge in [0.1, 0.15) is 11.5 Å². The normalized spacial score (nSPS) is 14.3. The Morgan fingerprint density at radius 1 is 1.04 bits per heavy atom. The van der Waals surface area contributed by atoms with Crippen LogP contribution in [0.3, 0.4) is 0 Å². The fourth-order valence-electron chi connectivity index (χ4n) is 3.47. The Hall–Kier alpha value is -2.74. The monoisotopic (exact) mass is 404 g/mol. The zero-order valence-electron chi connectivity index (χ0n) is 16.4. The molecule has 0 saturated carbocycles. The summed E-state index contributed by atoms with van der Waals surface area (Å²) >= 11 is 0. The van der Waals surface area contributed by atoms with Crippen LogP contribution in [0.1, 0.15) is 24.0 Å². The number of hydrogen-bond donors (Lipinski definition) is 1. The van der Waals surface area contributed by atoms with Gasteiger partial charge in [-0.2, -0.15) is 0 Å². The molecule has 1 saturated heterocycles. The second-order valence-corrected chi connectivity index (χ2v) is 8.41. The van der Waals surface area contributed by atoms with Crippen LogP contribution in [0.4, 0.5) is 11.4 Å². The number of benzene rings is 2. The SMILES string of the molecule is COc1cc(NS(=O)(=O)c2cc(C)c(OC)c(C)c2)ccc1N1CCCC1=O. The van der Waals surface area contributed by atoms with Gasteiger partial charge in [-0.3, -0.25) is 9.52 Å². The van der Waals surface area contributed by atoms with Crippen molar-refractivity contribution in [3.8, 4) is 11.5 Å². The van der Waals surface area contributed by atoms with E-state index in [1.807, 2.05) is 0 Å². The predicted octanol–water partition coefficient (Wildman–Crippen LogP) is 3.25. The van der Waals surface area contributed by atoms with Crippen molar-refractivity contribution in [3.63, 3.8) is 0 Å². The zero-order chi connectivity index (χ0) is 20.5. The average Bonchev–Trinajstić information content (AvgIpc) is 3.06. The van der Waals surface area contributed by atoms with E-state index in [1.54, 1.807) is 56.2 Å². The van der Waals surface area contributed by atoms with Crippen LogP contribution in [0.25, 0.3) is 0 Å². The molecular formula is C20H24N2O5S. The van der Waals surface area contributed by atoms with Gasteiger partial charge in [0.2, 0.25) is 5.91 Å². The Labute approximate surface area is 165 Å². The molecule has 0 aliphatic carbocycles. The van der Waals surface area contributed by atoms with E-state index < -0.39 is 10.0 Å². The third-order valence-corrected chi connectivity index (χ3v) is 6.11. The number of sulfonamides is 1. The first kappa shape index (κ1) is 20.0. The molecule has 1 aliphatic rings. The maximum atomic E-state index is 12.8. The molecule has 0 bridgehead atoms. The molecule has 150 valence electrons. The third-order valence-electron chi connectivity index (χ3n) is 4.74. The van der Waals surface area contributed by atoms with Gasteiger partial charge in [-0.15, -0.1) is 0 Å². The number of anilines is 2. The highest BCUT2D eigenvalue weighted by molar-refractivity contribution is 7.92. The molecule has 3 rings (SSSR count). The molecule has 1 aliphatic heterocycles. The summed E-state index contributed by atoms with van der Waals surface area (Å²) in [5, 5.41) is 0. The number of carbonyl (C=O) groups excluding carboxylic acids is 1. The predicted molar refractivity (Wildman–Crippen MR) is 108 cm³/mol. The maximum absolute atomic E-state index is 12.8. The van der Waals surface area contributed by atoms with Crippen molar-refractivity contribution in [3.05, 3.63) is 41.5 Å². The van der Waals surface area contributed by atoms with E-state index in [1.165, 1.54) is 7.11 Å². The van der Waals surface area contributed by atoms with Gasteiger partial charge in [-0.05, 0) is 55.7 Å². The number of amides is 1. The van der Waals surface area contributed by atoms with E-state index >= 15 is 0 Å². The van der Waals surface area contributed by atoms with Crippen molar-refractivity contribution >= 4 is 27.3 Å². The molecule has 0 aromatic heterocycles. The molecule has 7 nitrogen and oxygen atoms in total. The van der Waals surface area contributed by atoms with Crippen molar-refractivity contribution in [2.45, 2.75) is 31.6 Å². The summed E-state index contributed by atoms with van der Waals surface area (Å²) in [5.41, 5.74) is 2.48.